The van der Waals surface area contributed by atoms with Crippen LogP contribution >= 0.6 is 11.3 Å². The Morgan fingerprint density at radius 2 is 1.83 bits per heavy atom. The maximum absolute atomic E-state index is 12.6. The number of thiophene rings is 1. The van der Waals surface area contributed by atoms with E-state index in [1.807, 2.05) is 41.3 Å². The number of nitrogens with zero attached hydrogens (tertiary/aromatic N) is 4. The molecule has 1 saturated heterocycles. The van der Waals surface area contributed by atoms with Crippen LogP contribution in [0.5, 0.6) is 0 Å². The van der Waals surface area contributed by atoms with Gasteiger partial charge in [0.05, 0.1) is 11.8 Å². The van der Waals surface area contributed by atoms with Crippen molar-refractivity contribution in [3.63, 3.8) is 0 Å². The Bertz CT molecular complexity index is 1040. The fraction of sp³-hybridized carbons (Fsp3) is 0.333. The Kier molecular flexibility index (Phi) is 5.44. The molecule has 150 valence electrons. The Balaban J connectivity index is 1.52. The molecule has 0 spiro atoms. The van der Waals surface area contributed by atoms with E-state index in [1.165, 1.54) is 11.3 Å². The van der Waals surface area contributed by atoms with Crippen molar-refractivity contribution in [2.24, 2.45) is 0 Å². The molecule has 3 aromatic rings. The minimum Gasteiger partial charge on any atom is -0.475 e. The summed E-state index contributed by atoms with van der Waals surface area (Å²) in [6.07, 6.45) is 1.26. The number of fused-ring (bicyclic) bond motifs is 1. The molecule has 0 aliphatic carbocycles. The minimum absolute atomic E-state index is 0.110. The van der Waals surface area contributed by atoms with Crippen molar-refractivity contribution < 1.29 is 14.7 Å². The summed E-state index contributed by atoms with van der Waals surface area (Å²) >= 11 is 1.51. The number of aromatic carboxylic acids is 1. The zero-order valence-electron chi connectivity index (χ0n) is 16.2. The average Bonchev–Trinajstić information content (AvgIpc) is 3.17. The Morgan fingerprint density at radius 3 is 2.48 bits per heavy atom. The van der Waals surface area contributed by atoms with Crippen LogP contribution < -0.4 is 4.90 Å². The lowest BCUT2D eigenvalue weighted by Gasteiger charge is -2.35. The molecule has 29 heavy (non-hydrogen) atoms. The first-order valence-corrected chi connectivity index (χ1v) is 10.5. The summed E-state index contributed by atoms with van der Waals surface area (Å²) in [5.41, 5.74) is 1.01. The van der Waals surface area contributed by atoms with Crippen LogP contribution in [-0.2, 0) is 17.6 Å². The number of amides is 1. The van der Waals surface area contributed by atoms with Crippen LogP contribution in [0, 0.1) is 0 Å². The Hall–Kier alpha value is -3.00. The molecule has 1 aliphatic heterocycles. The number of hydrogen-bond donors (Lipinski definition) is 1. The predicted molar refractivity (Wildman–Crippen MR) is 113 cm³/mol. The molecule has 2 aromatic heterocycles. The van der Waals surface area contributed by atoms with Crippen molar-refractivity contribution in [2.75, 3.05) is 31.1 Å². The van der Waals surface area contributed by atoms with E-state index >= 15 is 0 Å². The van der Waals surface area contributed by atoms with Crippen LogP contribution in [0.2, 0.25) is 0 Å². The molecule has 1 aliphatic rings. The number of carboxylic acid groups (broad SMARTS) is 1. The van der Waals surface area contributed by atoms with Crippen molar-refractivity contribution in [1.82, 2.24) is 14.9 Å². The van der Waals surface area contributed by atoms with Crippen LogP contribution in [-0.4, -0.2) is 58.0 Å². The number of carboxylic acids is 1. The first-order chi connectivity index (χ1) is 14.0. The smallest absolute Gasteiger partial charge is 0.374 e. The van der Waals surface area contributed by atoms with E-state index < -0.39 is 5.97 Å². The van der Waals surface area contributed by atoms with E-state index in [9.17, 15) is 14.7 Å². The maximum Gasteiger partial charge on any atom is 0.374 e. The van der Waals surface area contributed by atoms with Crippen LogP contribution in [0.25, 0.3) is 10.2 Å². The minimum atomic E-state index is -1.13. The second-order valence-electron chi connectivity index (χ2n) is 6.99. The molecule has 0 bridgehead atoms. The number of carbonyl (C=O) groups is 2. The monoisotopic (exact) mass is 410 g/mol. The molecule has 0 saturated carbocycles. The van der Waals surface area contributed by atoms with Gasteiger partial charge in [-0.15, -0.1) is 11.3 Å². The number of aromatic nitrogens is 2. The molecular weight excluding hydrogens is 388 g/mol. The largest absolute Gasteiger partial charge is 0.475 e. The summed E-state index contributed by atoms with van der Waals surface area (Å²) in [4.78, 5) is 38.4. The van der Waals surface area contributed by atoms with E-state index in [1.54, 1.807) is 0 Å². The van der Waals surface area contributed by atoms with Crippen molar-refractivity contribution >= 4 is 39.2 Å². The Morgan fingerprint density at radius 1 is 1.10 bits per heavy atom. The molecule has 1 amide bonds. The van der Waals surface area contributed by atoms with Gasteiger partial charge < -0.3 is 14.9 Å². The molecule has 1 fully saturated rings. The first kappa shape index (κ1) is 19.3. The third-order valence-electron chi connectivity index (χ3n) is 5.09. The van der Waals surface area contributed by atoms with Gasteiger partial charge in [0.25, 0.3) is 0 Å². The quantitative estimate of drug-likeness (QED) is 0.696. The van der Waals surface area contributed by atoms with Crippen molar-refractivity contribution in [1.29, 1.82) is 0 Å². The fourth-order valence-electron chi connectivity index (χ4n) is 3.52. The second-order valence-corrected chi connectivity index (χ2v) is 8.11. The zero-order chi connectivity index (χ0) is 20.4. The van der Waals surface area contributed by atoms with Crippen LogP contribution in [0.1, 0.15) is 28.0 Å². The number of carbonyl (C=O) groups excluding carboxylic acids is 1. The molecule has 1 aromatic carbocycles. The average molecular weight is 410 g/mol. The molecule has 0 atom stereocenters. The summed E-state index contributed by atoms with van der Waals surface area (Å²) in [6.45, 7) is 4.47. The normalized spacial score (nSPS) is 14.4. The van der Waals surface area contributed by atoms with Gasteiger partial charge >= 0.3 is 5.97 Å². The Labute approximate surface area is 172 Å². The van der Waals surface area contributed by atoms with Crippen LogP contribution in [0.4, 0.5) is 5.82 Å². The van der Waals surface area contributed by atoms with E-state index in [0.29, 0.717) is 43.2 Å². The summed E-state index contributed by atoms with van der Waals surface area (Å²) in [6, 6.07) is 11.8. The maximum atomic E-state index is 12.6. The second kappa shape index (κ2) is 8.16. The third-order valence-corrected chi connectivity index (χ3v) is 6.27. The van der Waals surface area contributed by atoms with E-state index in [-0.39, 0.29) is 11.7 Å². The van der Waals surface area contributed by atoms with Crippen molar-refractivity contribution in [2.45, 2.75) is 19.8 Å². The van der Waals surface area contributed by atoms with Gasteiger partial charge in [-0.2, -0.15) is 0 Å². The van der Waals surface area contributed by atoms with Crippen LogP contribution in [0.15, 0.2) is 36.4 Å². The van der Waals surface area contributed by atoms with Gasteiger partial charge in [-0.3, -0.25) is 4.79 Å². The summed E-state index contributed by atoms with van der Waals surface area (Å²) in [7, 11) is 0. The highest BCUT2D eigenvalue weighted by atomic mass is 32.1. The van der Waals surface area contributed by atoms with Crippen LogP contribution in [0.3, 0.4) is 0 Å². The van der Waals surface area contributed by atoms with Crippen molar-refractivity contribution in [3.05, 3.63) is 52.7 Å². The molecule has 0 radical (unpaired) electrons. The highest BCUT2D eigenvalue weighted by Crippen LogP contribution is 2.32. The fourth-order valence-corrected chi connectivity index (χ4v) is 4.48. The van der Waals surface area contributed by atoms with E-state index in [0.717, 1.165) is 22.2 Å². The van der Waals surface area contributed by atoms with Gasteiger partial charge in [-0.25, -0.2) is 14.8 Å². The van der Waals surface area contributed by atoms with Gasteiger partial charge in [0.15, 0.2) is 0 Å². The molecule has 1 N–H and O–H groups in total. The predicted octanol–water partition coefficient (Wildman–Crippen LogP) is 2.84. The van der Waals surface area contributed by atoms with Gasteiger partial charge in [-0.05, 0) is 18.1 Å². The highest BCUT2D eigenvalue weighted by molar-refractivity contribution is 7.18. The number of piperazine rings is 1. The molecule has 0 unspecified atom stereocenters. The lowest BCUT2D eigenvalue weighted by molar-refractivity contribution is -0.130. The van der Waals surface area contributed by atoms with E-state index in [2.05, 4.69) is 21.8 Å². The zero-order valence-corrected chi connectivity index (χ0v) is 17.0. The highest BCUT2D eigenvalue weighted by Gasteiger charge is 2.25. The summed E-state index contributed by atoms with van der Waals surface area (Å²) < 4.78 is 0. The first-order valence-electron chi connectivity index (χ1n) is 9.65. The molecular formula is C21H22N4O3S. The number of rotatable bonds is 5. The van der Waals surface area contributed by atoms with E-state index in [4.69, 9.17) is 0 Å². The summed E-state index contributed by atoms with van der Waals surface area (Å²) in [5.74, 6) is -0.548. The summed E-state index contributed by atoms with van der Waals surface area (Å²) in [5, 5.41) is 10.3. The standard InChI is InChI=1S/C21H22N4O3S/c1-2-15-13-16-19(22-18(21(27)28)23-20(16)29-15)25-10-8-24(9-11-25)17(26)12-14-6-4-3-5-7-14/h3-7,13H,2,8-12H2,1H3,(H,27,28). The molecule has 4 rings (SSSR count). The molecule has 8 heteroatoms. The lowest BCUT2D eigenvalue weighted by atomic mass is 10.1. The van der Waals surface area contributed by atoms with Crippen molar-refractivity contribution in [3.8, 4) is 0 Å². The number of anilines is 1. The van der Waals surface area contributed by atoms with Gasteiger partial charge in [0.1, 0.15) is 10.6 Å². The number of aryl methyl sites for hydroxylation is 1. The number of benzene rings is 1. The number of hydrogen-bond acceptors (Lipinski definition) is 6. The lowest BCUT2D eigenvalue weighted by Crippen LogP contribution is -2.49. The van der Waals surface area contributed by atoms with Gasteiger partial charge in [0.2, 0.25) is 11.7 Å². The SMILES string of the molecule is CCc1cc2c(N3CCN(C(=O)Cc4ccccc4)CC3)nc(C(=O)O)nc2s1. The van der Waals surface area contributed by atoms with Gasteiger partial charge in [-0.1, -0.05) is 37.3 Å². The topological polar surface area (TPSA) is 86.6 Å². The molecule has 7 nitrogen and oxygen atoms in total. The molecule has 3 heterocycles. The third kappa shape index (κ3) is 4.07. The van der Waals surface area contributed by atoms with Gasteiger partial charge in [0, 0.05) is 31.1 Å².